The predicted octanol–water partition coefficient (Wildman–Crippen LogP) is 1.66. The van der Waals surface area contributed by atoms with E-state index in [0.29, 0.717) is 0 Å². The van der Waals surface area contributed by atoms with E-state index in [1.165, 1.54) is 56.2 Å². The Labute approximate surface area is 107 Å². The predicted molar refractivity (Wildman–Crippen MR) is 74.6 cm³/mol. The van der Waals surface area contributed by atoms with Crippen LogP contribution in [-0.4, -0.2) is 59.1 Å². The average molecular weight is 258 g/mol. The van der Waals surface area contributed by atoms with E-state index in [-0.39, 0.29) is 0 Å². The van der Waals surface area contributed by atoms with Crippen molar-refractivity contribution >= 4 is 23.5 Å². The summed E-state index contributed by atoms with van der Waals surface area (Å²) in [6.07, 6.45) is 4.25. The molecule has 4 heteroatoms. The maximum absolute atomic E-state index is 3.85. The van der Waals surface area contributed by atoms with Crippen molar-refractivity contribution in [3.05, 3.63) is 0 Å². The monoisotopic (exact) mass is 258 g/mol. The fourth-order valence-corrected chi connectivity index (χ4v) is 5.88. The van der Waals surface area contributed by atoms with Crippen molar-refractivity contribution in [2.24, 2.45) is 0 Å². The lowest BCUT2D eigenvalue weighted by Crippen LogP contribution is -2.42. The second-order valence-corrected chi connectivity index (χ2v) is 7.67. The summed E-state index contributed by atoms with van der Waals surface area (Å²) < 4.78 is 0. The van der Waals surface area contributed by atoms with E-state index in [4.69, 9.17) is 0 Å². The normalized spacial score (nSPS) is 40.1. The Bertz CT molecular complexity index is 231. The highest BCUT2D eigenvalue weighted by Crippen LogP contribution is 2.29. The Morgan fingerprint density at radius 2 is 2.19 bits per heavy atom. The van der Waals surface area contributed by atoms with Gasteiger partial charge < -0.3 is 5.32 Å². The van der Waals surface area contributed by atoms with Gasteiger partial charge in [-0.15, -0.1) is 0 Å². The maximum atomic E-state index is 3.85. The van der Waals surface area contributed by atoms with E-state index in [1.807, 2.05) is 0 Å². The molecule has 16 heavy (non-hydrogen) atoms. The van der Waals surface area contributed by atoms with E-state index in [9.17, 15) is 0 Å². The molecule has 2 nitrogen and oxygen atoms in total. The molecule has 3 aliphatic heterocycles. The highest BCUT2D eigenvalue weighted by Gasteiger charge is 2.36. The first kappa shape index (κ1) is 11.7. The Morgan fingerprint density at radius 3 is 3.06 bits per heavy atom. The molecule has 0 aliphatic carbocycles. The van der Waals surface area contributed by atoms with Crippen LogP contribution in [0.3, 0.4) is 0 Å². The minimum absolute atomic E-state index is 0.801. The van der Waals surface area contributed by atoms with Gasteiger partial charge in [-0.2, -0.15) is 23.5 Å². The second kappa shape index (κ2) is 5.51. The lowest BCUT2D eigenvalue weighted by molar-refractivity contribution is 0.299. The minimum Gasteiger partial charge on any atom is -0.311 e. The maximum Gasteiger partial charge on any atom is 0.0263 e. The van der Waals surface area contributed by atoms with Crippen molar-refractivity contribution in [3.63, 3.8) is 0 Å². The largest absolute Gasteiger partial charge is 0.311 e. The first-order valence-electron chi connectivity index (χ1n) is 6.60. The highest BCUT2D eigenvalue weighted by atomic mass is 32.2. The Hall–Kier alpha value is 0.620. The third-order valence-corrected chi connectivity index (χ3v) is 6.94. The molecule has 0 aromatic carbocycles. The average Bonchev–Trinajstić information content (AvgIpc) is 2.90. The Balaban J connectivity index is 1.44. The summed E-state index contributed by atoms with van der Waals surface area (Å²) in [5, 5.41) is 4.72. The molecule has 3 saturated heterocycles. The van der Waals surface area contributed by atoms with Crippen molar-refractivity contribution in [1.82, 2.24) is 10.2 Å². The third-order valence-electron chi connectivity index (χ3n) is 4.10. The first-order valence-corrected chi connectivity index (χ1v) is 8.80. The molecule has 0 radical (unpaired) electrons. The number of rotatable bonds is 3. The van der Waals surface area contributed by atoms with Crippen molar-refractivity contribution in [3.8, 4) is 0 Å². The van der Waals surface area contributed by atoms with Crippen LogP contribution < -0.4 is 5.32 Å². The van der Waals surface area contributed by atoms with Crippen LogP contribution in [0.1, 0.15) is 19.3 Å². The van der Waals surface area contributed by atoms with Crippen LogP contribution in [0.15, 0.2) is 0 Å². The van der Waals surface area contributed by atoms with Crippen LogP contribution >= 0.6 is 23.5 Å². The molecule has 0 spiro atoms. The zero-order valence-corrected chi connectivity index (χ0v) is 11.5. The van der Waals surface area contributed by atoms with Crippen molar-refractivity contribution in [2.45, 2.75) is 36.6 Å². The van der Waals surface area contributed by atoms with E-state index in [1.54, 1.807) is 0 Å². The fourth-order valence-electron chi connectivity index (χ4n) is 3.26. The van der Waals surface area contributed by atoms with Gasteiger partial charge in [-0.05, 0) is 25.8 Å². The molecule has 3 aliphatic rings. The zero-order chi connectivity index (χ0) is 10.8. The molecule has 0 amide bonds. The third kappa shape index (κ3) is 2.55. The quantitative estimate of drug-likeness (QED) is 0.828. The molecule has 3 heterocycles. The molecular formula is C12H22N2S2. The SMILES string of the molecule is C1CC2C(NCC3CSCCS3)CCN2C1. The van der Waals surface area contributed by atoms with Crippen LogP contribution in [0.4, 0.5) is 0 Å². The van der Waals surface area contributed by atoms with Gasteiger partial charge in [-0.1, -0.05) is 0 Å². The van der Waals surface area contributed by atoms with Crippen LogP contribution in [0.25, 0.3) is 0 Å². The summed E-state index contributed by atoms with van der Waals surface area (Å²) >= 11 is 4.31. The lowest BCUT2D eigenvalue weighted by Gasteiger charge is -2.26. The number of hydrogen-bond acceptors (Lipinski definition) is 4. The van der Waals surface area contributed by atoms with E-state index in [0.717, 1.165) is 17.3 Å². The molecule has 3 rings (SSSR count). The molecule has 0 aromatic heterocycles. The summed E-state index contributed by atoms with van der Waals surface area (Å²) in [7, 11) is 0. The van der Waals surface area contributed by atoms with Gasteiger partial charge in [0, 0.05) is 47.7 Å². The van der Waals surface area contributed by atoms with Crippen molar-refractivity contribution in [2.75, 3.05) is 36.9 Å². The van der Waals surface area contributed by atoms with Crippen LogP contribution in [0, 0.1) is 0 Å². The summed E-state index contributed by atoms with van der Waals surface area (Å²) in [6, 6.07) is 1.68. The van der Waals surface area contributed by atoms with Gasteiger partial charge in [0.2, 0.25) is 0 Å². The summed E-state index contributed by atoms with van der Waals surface area (Å²) in [5.41, 5.74) is 0. The lowest BCUT2D eigenvalue weighted by atomic mass is 10.1. The summed E-state index contributed by atoms with van der Waals surface area (Å²) in [5.74, 6) is 4.08. The van der Waals surface area contributed by atoms with Gasteiger partial charge in [-0.25, -0.2) is 0 Å². The van der Waals surface area contributed by atoms with Crippen LogP contribution in [-0.2, 0) is 0 Å². The molecule has 0 aromatic rings. The fraction of sp³-hybridized carbons (Fsp3) is 1.00. The van der Waals surface area contributed by atoms with Crippen molar-refractivity contribution in [1.29, 1.82) is 0 Å². The second-order valence-electron chi connectivity index (χ2n) is 5.12. The summed E-state index contributed by atoms with van der Waals surface area (Å²) in [4.78, 5) is 2.69. The van der Waals surface area contributed by atoms with Gasteiger partial charge in [0.25, 0.3) is 0 Å². The molecular weight excluding hydrogens is 236 g/mol. The topological polar surface area (TPSA) is 15.3 Å². The van der Waals surface area contributed by atoms with E-state index < -0.39 is 0 Å². The van der Waals surface area contributed by atoms with Gasteiger partial charge in [-0.3, -0.25) is 4.90 Å². The van der Waals surface area contributed by atoms with Gasteiger partial charge in [0.15, 0.2) is 0 Å². The number of fused-ring (bicyclic) bond motifs is 1. The number of thioether (sulfide) groups is 2. The van der Waals surface area contributed by atoms with Gasteiger partial charge >= 0.3 is 0 Å². The Morgan fingerprint density at radius 1 is 1.19 bits per heavy atom. The van der Waals surface area contributed by atoms with Crippen LogP contribution in [0.2, 0.25) is 0 Å². The van der Waals surface area contributed by atoms with Gasteiger partial charge in [0.1, 0.15) is 0 Å². The molecule has 0 bridgehead atoms. The molecule has 1 N–H and O–H groups in total. The van der Waals surface area contributed by atoms with E-state index >= 15 is 0 Å². The first-order chi connectivity index (χ1) is 7.93. The zero-order valence-electron chi connectivity index (χ0n) is 9.86. The molecule has 3 unspecified atom stereocenters. The number of nitrogens with zero attached hydrogens (tertiary/aromatic N) is 1. The molecule has 3 atom stereocenters. The number of hydrogen-bond donors (Lipinski definition) is 1. The standard InChI is InChI=1S/C12H22N2S2/c1-2-12-11(3-5-14(12)4-1)13-8-10-9-15-6-7-16-10/h10-13H,1-9H2. The molecule has 92 valence electrons. The van der Waals surface area contributed by atoms with Gasteiger partial charge in [0.05, 0.1) is 0 Å². The number of nitrogens with one attached hydrogen (secondary N) is 1. The van der Waals surface area contributed by atoms with Crippen LogP contribution in [0.5, 0.6) is 0 Å². The Kier molecular flexibility index (Phi) is 4.03. The highest BCUT2D eigenvalue weighted by molar-refractivity contribution is 8.06. The molecule has 3 fully saturated rings. The smallest absolute Gasteiger partial charge is 0.0263 e. The van der Waals surface area contributed by atoms with Crippen molar-refractivity contribution < 1.29 is 0 Å². The van der Waals surface area contributed by atoms with E-state index in [2.05, 4.69) is 33.7 Å². The minimum atomic E-state index is 0.801. The molecule has 0 saturated carbocycles. The summed E-state index contributed by atoms with van der Waals surface area (Å²) in [6.45, 7) is 3.94.